The van der Waals surface area contributed by atoms with Gasteiger partial charge in [0.05, 0.1) is 5.56 Å². The third-order valence-electron chi connectivity index (χ3n) is 4.64. The van der Waals surface area contributed by atoms with Crippen molar-refractivity contribution in [1.29, 1.82) is 0 Å². The maximum atomic E-state index is 11.4. The van der Waals surface area contributed by atoms with Crippen LogP contribution in [0, 0.1) is 0 Å². The summed E-state index contributed by atoms with van der Waals surface area (Å²) in [6.45, 7) is 0.536. The first-order valence-electron chi connectivity index (χ1n) is 9.32. The molecule has 3 aromatic carbocycles. The molecule has 3 rings (SSSR count). The van der Waals surface area contributed by atoms with E-state index in [2.05, 4.69) is 30.5 Å². The molecule has 0 spiro atoms. The van der Waals surface area contributed by atoms with Crippen LogP contribution in [0.2, 0.25) is 0 Å². The fourth-order valence-corrected chi connectivity index (χ4v) is 3.63. The molecule has 3 nitrogen and oxygen atoms in total. The molecule has 0 saturated heterocycles. The molecule has 0 amide bonds. The molecule has 0 atom stereocenters. The van der Waals surface area contributed by atoms with Crippen molar-refractivity contribution in [2.75, 3.05) is 6.26 Å². The summed E-state index contributed by atoms with van der Waals surface area (Å²) in [5, 5.41) is 9.35. The molecular weight excluding hydrogens is 368 g/mol. The number of aromatic carboxylic acids is 1. The van der Waals surface area contributed by atoms with Crippen LogP contribution in [0.1, 0.15) is 33.5 Å². The molecule has 0 unspecified atom stereocenters. The summed E-state index contributed by atoms with van der Waals surface area (Å²) in [5.74, 6) is 0.0278. The summed E-state index contributed by atoms with van der Waals surface area (Å²) < 4.78 is 6.08. The highest BCUT2D eigenvalue weighted by atomic mass is 32.2. The maximum absolute atomic E-state index is 11.4. The molecule has 28 heavy (non-hydrogen) atoms. The monoisotopic (exact) mass is 392 g/mol. The molecule has 0 aromatic heterocycles. The Morgan fingerprint density at radius 3 is 2.39 bits per heavy atom. The smallest absolute Gasteiger partial charge is 0.335 e. The lowest BCUT2D eigenvalue weighted by atomic mass is 9.99. The van der Waals surface area contributed by atoms with Crippen LogP contribution in [-0.2, 0) is 19.4 Å². The highest BCUT2D eigenvalue weighted by molar-refractivity contribution is 7.98. The second-order valence-electron chi connectivity index (χ2n) is 6.56. The number of ether oxygens (including phenoxy) is 1. The Morgan fingerprint density at radius 1 is 0.929 bits per heavy atom. The van der Waals surface area contributed by atoms with Crippen LogP contribution in [0.25, 0.3) is 0 Å². The Bertz CT molecular complexity index is 922. The number of thioether (sulfide) groups is 1. The Morgan fingerprint density at radius 2 is 1.64 bits per heavy atom. The average molecular weight is 393 g/mol. The van der Waals surface area contributed by atoms with Crippen molar-refractivity contribution in [1.82, 2.24) is 0 Å². The van der Waals surface area contributed by atoms with Gasteiger partial charge in [-0.15, -0.1) is 11.8 Å². The van der Waals surface area contributed by atoms with Crippen molar-refractivity contribution >= 4 is 17.7 Å². The number of hydrogen-bond acceptors (Lipinski definition) is 3. The fraction of sp³-hybridized carbons (Fsp3) is 0.208. The van der Waals surface area contributed by atoms with Gasteiger partial charge < -0.3 is 9.84 Å². The highest BCUT2D eigenvalue weighted by Crippen LogP contribution is 2.27. The molecule has 144 valence electrons. The van der Waals surface area contributed by atoms with E-state index in [-0.39, 0.29) is 0 Å². The molecule has 0 aliphatic rings. The number of rotatable bonds is 9. The lowest BCUT2D eigenvalue weighted by Gasteiger charge is -2.13. The Hall–Kier alpha value is -2.72. The quantitative estimate of drug-likeness (QED) is 0.463. The van der Waals surface area contributed by atoms with Crippen LogP contribution in [0.15, 0.2) is 77.7 Å². The predicted molar refractivity (Wildman–Crippen MR) is 114 cm³/mol. The van der Waals surface area contributed by atoms with Crippen LogP contribution in [-0.4, -0.2) is 17.3 Å². The van der Waals surface area contributed by atoms with Crippen molar-refractivity contribution < 1.29 is 14.6 Å². The van der Waals surface area contributed by atoms with Crippen molar-refractivity contribution in [3.8, 4) is 5.75 Å². The van der Waals surface area contributed by atoms with E-state index in [1.165, 1.54) is 4.90 Å². The minimum atomic E-state index is -0.869. The van der Waals surface area contributed by atoms with Gasteiger partial charge in [0.2, 0.25) is 0 Å². The number of benzene rings is 3. The molecule has 4 heteroatoms. The van der Waals surface area contributed by atoms with Gasteiger partial charge in [-0.05, 0) is 66.5 Å². The van der Waals surface area contributed by atoms with Gasteiger partial charge in [-0.25, -0.2) is 4.79 Å². The maximum Gasteiger partial charge on any atom is 0.335 e. The van der Waals surface area contributed by atoms with Gasteiger partial charge in [0.15, 0.2) is 0 Å². The minimum absolute atomic E-state index is 0.390. The molecule has 1 N–H and O–H groups in total. The van der Waals surface area contributed by atoms with Crippen LogP contribution in [0.5, 0.6) is 5.75 Å². The zero-order valence-electron chi connectivity index (χ0n) is 15.9. The molecule has 0 radical (unpaired) electrons. The molecule has 0 saturated carbocycles. The number of carbonyl (C=O) groups is 1. The van der Waals surface area contributed by atoms with E-state index in [0.29, 0.717) is 12.2 Å². The topological polar surface area (TPSA) is 46.5 Å². The molecule has 0 aliphatic heterocycles. The standard InChI is InChI=1S/C24H24O3S/c1-28-21-14-15-23(27-17-18-8-3-2-4-9-18)20(16-21)12-7-11-19-10-5-6-13-22(19)24(25)26/h2-6,8-10,13-16H,7,11-12,17H2,1H3,(H,25,26). The first-order valence-corrected chi connectivity index (χ1v) is 10.5. The molecule has 0 fully saturated rings. The average Bonchev–Trinajstić information content (AvgIpc) is 2.73. The van der Waals surface area contributed by atoms with Crippen LogP contribution in [0.3, 0.4) is 0 Å². The number of aryl methyl sites for hydroxylation is 2. The molecule has 3 aromatic rings. The summed E-state index contributed by atoms with van der Waals surface area (Å²) in [6.07, 6.45) is 4.49. The van der Waals surface area contributed by atoms with Crippen LogP contribution >= 0.6 is 11.8 Å². The van der Waals surface area contributed by atoms with Gasteiger partial charge in [-0.3, -0.25) is 0 Å². The van der Waals surface area contributed by atoms with Gasteiger partial charge >= 0.3 is 5.97 Å². The van der Waals surface area contributed by atoms with E-state index in [9.17, 15) is 9.90 Å². The van der Waals surface area contributed by atoms with Gasteiger partial charge in [-0.1, -0.05) is 48.5 Å². The van der Waals surface area contributed by atoms with Crippen LogP contribution in [0.4, 0.5) is 0 Å². The van der Waals surface area contributed by atoms with E-state index in [1.54, 1.807) is 23.9 Å². The lowest BCUT2D eigenvalue weighted by Crippen LogP contribution is -2.03. The lowest BCUT2D eigenvalue weighted by molar-refractivity contribution is 0.0695. The third-order valence-corrected chi connectivity index (χ3v) is 5.37. The Labute approximate surface area is 170 Å². The number of carboxylic acids is 1. The summed E-state index contributed by atoms with van der Waals surface area (Å²) >= 11 is 1.71. The second kappa shape index (κ2) is 10.00. The zero-order chi connectivity index (χ0) is 19.8. The molecular formula is C24H24O3S. The van der Waals surface area contributed by atoms with Crippen molar-refractivity contribution in [2.24, 2.45) is 0 Å². The Balaban J connectivity index is 1.69. The Kier molecular flexibility index (Phi) is 7.15. The van der Waals surface area contributed by atoms with Crippen molar-refractivity contribution in [3.63, 3.8) is 0 Å². The summed E-state index contributed by atoms with van der Waals surface area (Å²) in [5.41, 5.74) is 3.57. The molecule has 0 aliphatic carbocycles. The number of carboxylic acid groups (broad SMARTS) is 1. The largest absolute Gasteiger partial charge is 0.489 e. The molecule has 0 bridgehead atoms. The SMILES string of the molecule is CSc1ccc(OCc2ccccc2)c(CCCc2ccccc2C(=O)O)c1. The van der Waals surface area contributed by atoms with Gasteiger partial charge in [-0.2, -0.15) is 0 Å². The second-order valence-corrected chi connectivity index (χ2v) is 7.44. The van der Waals surface area contributed by atoms with Crippen LogP contribution < -0.4 is 4.74 Å². The van der Waals surface area contributed by atoms with Gasteiger partial charge in [0.1, 0.15) is 12.4 Å². The van der Waals surface area contributed by atoms with E-state index in [4.69, 9.17) is 4.74 Å². The van der Waals surface area contributed by atoms with Gasteiger partial charge in [0.25, 0.3) is 0 Å². The van der Waals surface area contributed by atoms with Crippen molar-refractivity contribution in [3.05, 3.63) is 95.1 Å². The summed E-state index contributed by atoms with van der Waals surface area (Å²) in [6, 6.07) is 23.6. The van der Waals surface area contributed by atoms with E-state index < -0.39 is 5.97 Å². The zero-order valence-corrected chi connectivity index (χ0v) is 16.7. The first kappa shape index (κ1) is 20.0. The minimum Gasteiger partial charge on any atom is -0.489 e. The van der Waals surface area contributed by atoms with E-state index in [0.717, 1.165) is 41.7 Å². The third kappa shape index (κ3) is 5.40. The fourth-order valence-electron chi connectivity index (χ4n) is 3.17. The summed E-state index contributed by atoms with van der Waals surface area (Å²) in [7, 11) is 0. The van der Waals surface area contributed by atoms with E-state index >= 15 is 0 Å². The van der Waals surface area contributed by atoms with E-state index in [1.807, 2.05) is 36.4 Å². The summed E-state index contributed by atoms with van der Waals surface area (Å²) in [4.78, 5) is 12.6. The van der Waals surface area contributed by atoms with Crippen molar-refractivity contribution in [2.45, 2.75) is 30.8 Å². The predicted octanol–water partition coefficient (Wildman–Crippen LogP) is 5.86. The normalized spacial score (nSPS) is 10.6. The number of hydrogen-bond donors (Lipinski definition) is 1. The first-order chi connectivity index (χ1) is 13.7. The highest BCUT2D eigenvalue weighted by Gasteiger charge is 2.10. The molecule has 0 heterocycles. The van der Waals surface area contributed by atoms with Gasteiger partial charge in [0, 0.05) is 4.90 Å².